The van der Waals surface area contributed by atoms with E-state index in [1.54, 1.807) is 7.11 Å². The predicted molar refractivity (Wildman–Crippen MR) is 132 cm³/mol. The number of carbonyl (C=O) groups excluding carboxylic acids is 1. The van der Waals surface area contributed by atoms with Gasteiger partial charge >= 0.3 is 0 Å². The zero-order valence-corrected chi connectivity index (χ0v) is 20.8. The van der Waals surface area contributed by atoms with Crippen LogP contribution in [0.15, 0.2) is 53.7 Å². The van der Waals surface area contributed by atoms with Gasteiger partial charge in [0.15, 0.2) is 17.1 Å². The van der Waals surface area contributed by atoms with Gasteiger partial charge in [0.2, 0.25) is 5.91 Å². The molecule has 8 heteroatoms. The second-order valence-corrected chi connectivity index (χ2v) is 9.26. The van der Waals surface area contributed by atoms with Gasteiger partial charge in [-0.1, -0.05) is 43.8 Å². The van der Waals surface area contributed by atoms with Gasteiger partial charge in [0.1, 0.15) is 11.5 Å². The van der Waals surface area contributed by atoms with Crippen LogP contribution >= 0.6 is 11.8 Å². The van der Waals surface area contributed by atoms with Crippen LogP contribution in [0.5, 0.6) is 11.5 Å². The van der Waals surface area contributed by atoms with Crippen molar-refractivity contribution < 1.29 is 14.3 Å². The topological polar surface area (TPSA) is 78.3 Å². The third kappa shape index (κ3) is 6.28. The number of hydrogen-bond acceptors (Lipinski definition) is 6. The van der Waals surface area contributed by atoms with E-state index in [0.717, 1.165) is 22.7 Å². The molecule has 1 amide bonds. The maximum absolute atomic E-state index is 12.7. The van der Waals surface area contributed by atoms with Gasteiger partial charge in [-0.3, -0.25) is 4.79 Å². The molecule has 0 saturated heterocycles. The molecule has 1 atom stereocenters. The van der Waals surface area contributed by atoms with Gasteiger partial charge in [0, 0.05) is 11.7 Å². The van der Waals surface area contributed by atoms with Crippen LogP contribution < -0.4 is 14.8 Å². The van der Waals surface area contributed by atoms with Crippen molar-refractivity contribution in [1.82, 2.24) is 14.8 Å². The minimum absolute atomic E-state index is 0.0736. The molecule has 33 heavy (non-hydrogen) atoms. The fraction of sp³-hybridized carbons (Fsp3) is 0.400. The van der Waals surface area contributed by atoms with Crippen LogP contribution in [0.3, 0.4) is 0 Å². The number of hydrogen-bond donors (Lipinski definition) is 1. The number of nitrogens with zero attached hydrogens (tertiary/aromatic N) is 3. The van der Waals surface area contributed by atoms with Gasteiger partial charge < -0.3 is 19.4 Å². The molecule has 1 unspecified atom stereocenters. The summed E-state index contributed by atoms with van der Waals surface area (Å²) >= 11 is 1.37. The van der Waals surface area contributed by atoms with Crippen LogP contribution in [-0.4, -0.2) is 33.5 Å². The summed E-state index contributed by atoms with van der Waals surface area (Å²) in [5.41, 5.74) is 1.97. The second-order valence-electron chi connectivity index (χ2n) is 8.32. The highest BCUT2D eigenvalue weighted by atomic mass is 32.2. The molecule has 0 fully saturated rings. The molecular formula is C25H32N4O3S. The largest absolute Gasteiger partial charge is 0.497 e. The predicted octanol–water partition coefficient (Wildman–Crippen LogP) is 5.86. The fourth-order valence-corrected chi connectivity index (χ4v) is 4.37. The molecule has 0 aliphatic carbocycles. The average molecular weight is 469 g/mol. The van der Waals surface area contributed by atoms with Crippen molar-refractivity contribution in [2.75, 3.05) is 18.2 Å². The van der Waals surface area contributed by atoms with Crippen molar-refractivity contribution in [3.05, 3.63) is 59.9 Å². The number of aromatic nitrogens is 3. The minimum Gasteiger partial charge on any atom is -0.497 e. The Morgan fingerprint density at radius 2 is 1.67 bits per heavy atom. The Kier molecular flexibility index (Phi) is 8.38. The molecule has 0 aliphatic rings. The van der Waals surface area contributed by atoms with Gasteiger partial charge in [-0.15, -0.1) is 10.2 Å². The fourth-order valence-electron chi connectivity index (χ4n) is 3.49. The van der Waals surface area contributed by atoms with Gasteiger partial charge in [0.25, 0.3) is 0 Å². The number of amides is 1. The van der Waals surface area contributed by atoms with Crippen LogP contribution in [0.2, 0.25) is 0 Å². The third-order valence-electron chi connectivity index (χ3n) is 5.13. The molecule has 0 spiro atoms. The van der Waals surface area contributed by atoms with Crippen molar-refractivity contribution in [3.8, 4) is 11.5 Å². The average Bonchev–Trinajstić information content (AvgIpc) is 3.23. The maximum Gasteiger partial charge on any atom is 0.234 e. The summed E-state index contributed by atoms with van der Waals surface area (Å²) in [6.45, 7) is 10.3. The molecule has 0 saturated carbocycles. The van der Waals surface area contributed by atoms with Crippen molar-refractivity contribution in [2.24, 2.45) is 0 Å². The van der Waals surface area contributed by atoms with E-state index < -0.39 is 0 Å². The molecule has 0 bridgehead atoms. The summed E-state index contributed by atoms with van der Waals surface area (Å²) in [6, 6.07) is 15.4. The van der Waals surface area contributed by atoms with E-state index in [4.69, 9.17) is 9.47 Å². The summed E-state index contributed by atoms with van der Waals surface area (Å²) in [5.74, 6) is 2.70. The molecule has 3 rings (SSSR count). The Morgan fingerprint density at radius 3 is 2.30 bits per heavy atom. The summed E-state index contributed by atoms with van der Waals surface area (Å²) in [4.78, 5) is 12.7. The first-order chi connectivity index (χ1) is 15.8. The molecule has 7 nitrogen and oxygen atoms in total. The van der Waals surface area contributed by atoms with Crippen LogP contribution in [0, 0.1) is 0 Å². The van der Waals surface area contributed by atoms with E-state index in [2.05, 4.69) is 43.2 Å². The molecule has 3 aromatic rings. The molecular weight excluding hydrogens is 436 g/mol. The lowest BCUT2D eigenvalue weighted by atomic mass is 10.0. The molecule has 0 radical (unpaired) electrons. The van der Waals surface area contributed by atoms with Gasteiger partial charge in [-0.2, -0.15) is 0 Å². The second kappa shape index (κ2) is 11.2. The zero-order valence-electron chi connectivity index (χ0n) is 20.0. The van der Waals surface area contributed by atoms with E-state index >= 15 is 0 Å². The summed E-state index contributed by atoms with van der Waals surface area (Å²) in [5, 5.41) is 12.4. The van der Waals surface area contributed by atoms with Crippen LogP contribution in [-0.2, 0) is 4.79 Å². The number of anilines is 1. The number of ether oxygens (including phenoxy) is 2. The number of nitrogens with one attached hydrogen (secondary N) is 1. The Hall–Kier alpha value is -3.00. The van der Waals surface area contributed by atoms with Crippen molar-refractivity contribution >= 4 is 23.4 Å². The Labute approximate surface area is 199 Å². The maximum atomic E-state index is 12.7. The monoisotopic (exact) mass is 468 g/mol. The Bertz CT molecular complexity index is 1060. The van der Waals surface area contributed by atoms with Gasteiger partial charge in [-0.25, -0.2) is 0 Å². The third-order valence-corrected chi connectivity index (χ3v) is 6.08. The van der Waals surface area contributed by atoms with E-state index in [1.165, 1.54) is 11.8 Å². The lowest BCUT2D eigenvalue weighted by Gasteiger charge is -2.19. The lowest BCUT2D eigenvalue weighted by Crippen LogP contribution is -2.17. The van der Waals surface area contributed by atoms with E-state index in [9.17, 15) is 4.79 Å². The number of benzene rings is 2. The van der Waals surface area contributed by atoms with Crippen LogP contribution in [0.25, 0.3) is 0 Å². The zero-order chi connectivity index (χ0) is 24.0. The Balaban J connectivity index is 1.68. The first-order valence-electron chi connectivity index (χ1n) is 11.1. The van der Waals surface area contributed by atoms with Gasteiger partial charge in [0.05, 0.1) is 12.9 Å². The van der Waals surface area contributed by atoms with Crippen molar-refractivity contribution in [3.63, 3.8) is 0 Å². The quantitative estimate of drug-likeness (QED) is 0.375. The summed E-state index contributed by atoms with van der Waals surface area (Å²) in [7, 11) is 1.63. The number of carbonyl (C=O) groups is 1. The molecule has 0 aliphatic heterocycles. The first kappa shape index (κ1) is 24.6. The molecule has 176 valence electrons. The molecule has 1 heterocycles. The number of methoxy groups -OCH3 is 1. The standard InChI is InChI=1S/C25H32N4O3S/c1-16(2)21-9-7-8-10-22(21)26-23(30)15-33-25-28-27-24(29(25)17(3)4)18(5)32-20-13-11-19(31-6)12-14-20/h7-14,16-18H,15H2,1-6H3,(H,26,30). The summed E-state index contributed by atoms with van der Waals surface area (Å²) < 4.78 is 13.3. The summed E-state index contributed by atoms with van der Waals surface area (Å²) in [6.07, 6.45) is -0.311. The smallest absolute Gasteiger partial charge is 0.234 e. The highest BCUT2D eigenvalue weighted by Crippen LogP contribution is 2.29. The van der Waals surface area contributed by atoms with E-state index in [-0.39, 0.29) is 23.8 Å². The number of para-hydroxylation sites is 1. The SMILES string of the molecule is COc1ccc(OC(C)c2nnc(SCC(=O)Nc3ccccc3C(C)C)n2C(C)C)cc1. The highest BCUT2D eigenvalue weighted by molar-refractivity contribution is 7.99. The van der Waals surface area contributed by atoms with Crippen molar-refractivity contribution in [2.45, 2.75) is 57.8 Å². The van der Waals surface area contributed by atoms with Gasteiger partial charge in [-0.05, 0) is 62.6 Å². The Morgan fingerprint density at radius 1 is 1.00 bits per heavy atom. The molecule has 1 aromatic heterocycles. The molecule has 2 aromatic carbocycles. The highest BCUT2D eigenvalue weighted by Gasteiger charge is 2.22. The molecule has 1 N–H and O–H groups in total. The lowest BCUT2D eigenvalue weighted by molar-refractivity contribution is -0.113. The first-order valence-corrected chi connectivity index (χ1v) is 12.1. The minimum atomic E-state index is -0.311. The van der Waals surface area contributed by atoms with E-state index in [0.29, 0.717) is 16.9 Å². The normalized spacial score (nSPS) is 12.1. The number of rotatable bonds is 10. The van der Waals surface area contributed by atoms with Crippen molar-refractivity contribution in [1.29, 1.82) is 0 Å². The van der Waals surface area contributed by atoms with Crippen LogP contribution in [0.1, 0.15) is 64.1 Å². The number of thioether (sulfide) groups is 1. The van der Waals surface area contributed by atoms with Crippen LogP contribution in [0.4, 0.5) is 5.69 Å². The van der Waals surface area contributed by atoms with E-state index in [1.807, 2.05) is 60.0 Å².